The van der Waals surface area contributed by atoms with E-state index in [1.165, 1.54) is 6.08 Å². The van der Waals surface area contributed by atoms with E-state index in [0.29, 0.717) is 35.0 Å². The quantitative estimate of drug-likeness (QED) is 0.0813. The Morgan fingerprint density at radius 3 is 1.51 bits per heavy atom. The maximum absolute atomic E-state index is 13.5. The lowest BCUT2D eigenvalue weighted by Crippen LogP contribution is -2.26. The number of rotatable bonds is 15. The van der Waals surface area contributed by atoms with Gasteiger partial charge in [0, 0.05) is 16.7 Å². The van der Waals surface area contributed by atoms with Gasteiger partial charge in [0.1, 0.15) is 17.2 Å². The number of carbonyl (C=O) groups is 3. The van der Waals surface area contributed by atoms with Crippen molar-refractivity contribution in [1.29, 1.82) is 0 Å². The summed E-state index contributed by atoms with van der Waals surface area (Å²) in [7, 11) is 0. The van der Waals surface area contributed by atoms with Crippen LogP contribution in [0.1, 0.15) is 130 Å². The molecule has 0 N–H and O–H groups in total. The number of benzene rings is 2. The fourth-order valence-electron chi connectivity index (χ4n) is 4.36. The molecule has 260 valence electrons. The molecule has 0 aromatic heterocycles. The van der Waals surface area contributed by atoms with Crippen molar-refractivity contribution in [3.8, 4) is 17.2 Å². The molecular weight excluding hydrogens is 596 g/mol. The summed E-state index contributed by atoms with van der Waals surface area (Å²) in [5.41, 5.74) is 1.13. The van der Waals surface area contributed by atoms with Gasteiger partial charge in [0.05, 0.1) is 23.0 Å². The molecule has 0 saturated carbocycles. The molecule has 8 nitrogen and oxygen atoms in total. The Bertz CT molecular complexity index is 1420. The largest absolute Gasteiger partial charge is 0.493 e. The number of carbonyl (C=O) groups excluding carboxylic acids is 3. The Morgan fingerprint density at radius 2 is 1.09 bits per heavy atom. The Balaban J connectivity index is 2.59. The summed E-state index contributed by atoms with van der Waals surface area (Å²) in [5, 5.41) is 0. The first-order valence-corrected chi connectivity index (χ1v) is 16.5. The van der Waals surface area contributed by atoms with Gasteiger partial charge < -0.3 is 23.7 Å². The van der Waals surface area contributed by atoms with E-state index in [1.807, 2.05) is 6.92 Å². The highest BCUT2D eigenvalue weighted by Gasteiger charge is 2.33. The monoisotopic (exact) mass is 652 g/mol. The number of hydrogen-bond donors (Lipinski definition) is 0. The highest BCUT2D eigenvalue weighted by atomic mass is 16.7. The maximum atomic E-state index is 13.5. The fraction of sp³-hybridized carbons (Fsp3) is 0.564. The zero-order chi connectivity index (χ0) is 35.8. The van der Waals surface area contributed by atoms with Crippen molar-refractivity contribution in [1.82, 2.24) is 0 Å². The van der Waals surface area contributed by atoms with Crippen LogP contribution in [0.25, 0.3) is 6.08 Å². The van der Waals surface area contributed by atoms with Crippen LogP contribution in [0.5, 0.6) is 17.2 Å². The molecule has 47 heavy (non-hydrogen) atoms. The zero-order valence-electron chi connectivity index (χ0n) is 30.8. The molecule has 8 heteroatoms. The molecular formula is C39H56O8. The molecule has 0 aliphatic carbocycles. The fourth-order valence-corrected chi connectivity index (χ4v) is 4.36. The lowest BCUT2D eigenvalue weighted by molar-refractivity contribution is -0.160. The van der Waals surface area contributed by atoms with Gasteiger partial charge in [-0.2, -0.15) is 0 Å². The Hall–Kier alpha value is -3.81. The second-order valence-electron chi connectivity index (χ2n) is 15.1. The topological polar surface area (TPSA) is 97.4 Å². The second-order valence-corrected chi connectivity index (χ2v) is 15.1. The standard InChI is InChI=1S/C39H56O8/c1-14-38(10,11)29-23-30(39(12,13)15-2)33(45-25-47-35(42)37(7,8)9)28(32(29)43-16-3)21-22-31(40)26-17-19-27(20-18-26)44-24-46-34(41)36(4,5)6/h17-23H,14-16,24-25H2,1-13H3. The van der Waals surface area contributed by atoms with Crippen LogP contribution in [0.2, 0.25) is 0 Å². The Morgan fingerprint density at radius 1 is 0.638 bits per heavy atom. The summed E-state index contributed by atoms with van der Waals surface area (Å²) in [4.78, 5) is 38.0. The predicted molar refractivity (Wildman–Crippen MR) is 186 cm³/mol. The molecule has 0 saturated heterocycles. The van der Waals surface area contributed by atoms with E-state index >= 15 is 0 Å². The summed E-state index contributed by atoms with van der Waals surface area (Å²) in [5.74, 6) is 0.620. The van der Waals surface area contributed by atoms with Gasteiger partial charge in [0.2, 0.25) is 13.6 Å². The minimum absolute atomic E-state index is 0.224. The summed E-state index contributed by atoms with van der Waals surface area (Å²) in [6.07, 6.45) is 4.90. The van der Waals surface area contributed by atoms with Gasteiger partial charge in [0.25, 0.3) is 0 Å². The van der Waals surface area contributed by atoms with E-state index in [1.54, 1.807) is 71.9 Å². The van der Waals surface area contributed by atoms with E-state index in [9.17, 15) is 14.4 Å². The zero-order valence-corrected chi connectivity index (χ0v) is 30.8. The van der Waals surface area contributed by atoms with Crippen molar-refractivity contribution in [3.05, 3.63) is 58.7 Å². The molecule has 0 radical (unpaired) electrons. The molecule has 0 aliphatic heterocycles. The Labute approximate surface area is 282 Å². The van der Waals surface area contributed by atoms with Crippen LogP contribution in [0.4, 0.5) is 0 Å². The van der Waals surface area contributed by atoms with Crippen LogP contribution in [0, 0.1) is 10.8 Å². The molecule has 0 unspecified atom stereocenters. The number of ketones is 1. The lowest BCUT2D eigenvalue weighted by atomic mass is 9.74. The number of esters is 2. The summed E-state index contributed by atoms with van der Waals surface area (Å²) < 4.78 is 28.8. The molecule has 0 fully saturated rings. The van der Waals surface area contributed by atoms with Gasteiger partial charge in [-0.25, -0.2) is 0 Å². The highest BCUT2D eigenvalue weighted by molar-refractivity contribution is 6.07. The van der Waals surface area contributed by atoms with E-state index in [-0.39, 0.29) is 42.1 Å². The van der Waals surface area contributed by atoms with E-state index in [0.717, 1.165) is 24.0 Å². The molecule has 2 aromatic carbocycles. The number of hydrogen-bond acceptors (Lipinski definition) is 8. The predicted octanol–water partition coefficient (Wildman–Crippen LogP) is 9.21. The van der Waals surface area contributed by atoms with Crippen molar-refractivity contribution in [2.24, 2.45) is 10.8 Å². The average Bonchev–Trinajstić information content (AvgIpc) is 2.99. The van der Waals surface area contributed by atoms with Crippen LogP contribution in [0.15, 0.2) is 36.4 Å². The molecule has 0 spiro atoms. The van der Waals surface area contributed by atoms with Gasteiger partial charge in [-0.1, -0.05) is 41.5 Å². The van der Waals surface area contributed by atoms with Gasteiger partial charge in [-0.05, 0) is 115 Å². The lowest BCUT2D eigenvalue weighted by Gasteiger charge is -2.33. The van der Waals surface area contributed by atoms with Gasteiger partial charge in [-0.3, -0.25) is 14.4 Å². The third-order valence-corrected chi connectivity index (χ3v) is 8.36. The van der Waals surface area contributed by atoms with Crippen molar-refractivity contribution in [2.45, 2.75) is 114 Å². The van der Waals surface area contributed by atoms with Crippen molar-refractivity contribution < 1.29 is 38.1 Å². The van der Waals surface area contributed by atoms with Crippen molar-refractivity contribution >= 4 is 23.8 Å². The first-order valence-electron chi connectivity index (χ1n) is 16.5. The second kappa shape index (κ2) is 15.9. The van der Waals surface area contributed by atoms with Crippen LogP contribution in [-0.4, -0.2) is 37.9 Å². The average molecular weight is 653 g/mol. The van der Waals surface area contributed by atoms with Crippen LogP contribution in [0.3, 0.4) is 0 Å². The van der Waals surface area contributed by atoms with Gasteiger partial charge in [0.15, 0.2) is 5.78 Å². The molecule has 0 bridgehead atoms. The summed E-state index contributed by atoms with van der Waals surface area (Å²) >= 11 is 0. The van der Waals surface area contributed by atoms with Gasteiger partial charge in [-0.15, -0.1) is 0 Å². The number of allylic oxidation sites excluding steroid dienone is 1. The first kappa shape index (κ1) is 39.4. The summed E-state index contributed by atoms with van der Waals surface area (Å²) in [6, 6.07) is 8.77. The minimum atomic E-state index is -0.688. The van der Waals surface area contributed by atoms with Crippen LogP contribution < -0.4 is 14.2 Å². The highest BCUT2D eigenvalue weighted by Crippen LogP contribution is 2.47. The third-order valence-electron chi connectivity index (χ3n) is 8.36. The molecule has 0 atom stereocenters. The molecule has 0 heterocycles. The SMILES string of the molecule is CCOc1c(C(C)(C)CC)cc(C(C)(C)CC)c(OCOC(=O)C(C)(C)C)c1C=CC(=O)c1ccc(OCOC(=O)C(C)(C)C)cc1. The van der Waals surface area contributed by atoms with Crippen LogP contribution >= 0.6 is 0 Å². The van der Waals surface area contributed by atoms with E-state index < -0.39 is 10.8 Å². The normalized spacial score (nSPS) is 12.5. The van der Waals surface area contributed by atoms with E-state index in [4.69, 9.17) is 23.7 Å². The maximum Gasteiger partial charge on any atom is 0.314 e. The third kappa shape index (κ3) is 10.6. The molecule has 2 aromatic rings. The number of ether oxygens (including phenoxy) is 5. The van der Waals surface area contributed by atoms with Crippen molar-refractivity contribution in [2.75, 3.05) is 20.2 Å². The molecule has 0 amide bonds. The molecule has 0 aliphatic rings. The van der Waals surface area contributed by atoms with Crippen LogP contribution in [-0.2, 0) is 29.9 Å². The van der Waals surface area contributed by atoms with Crippen molar-refractivity contribution in [3.63, 3.8) is 0 Å². The first-order chi connectivity index (χ1) is 21.7. The minimum Gasteiger partial charge on any atom is -0.493 e. The Kier molecular flexibility index (Phi) is 13.3. The van der Waals surface area contributed by atoms with E-state index in [2.05, 4.69) is 47.6 Å². The summed E-state index contributed by atoms with van der Waals surface area (Å²) in [6.45, 7) is 25.4. The molecule has 2 rings (SSSR count). The smallest absolute Gasteiger partial charge is 0.314 e. The van der Waals surface area contributed by atoms with Gasteiger partial charge >= 0.3 is 11.9 Å².